The van der Waals surface area contributed by atoms with E-state index in [0.717, 1.165) is 10.8 Å². The van der Waals surface area contributed by atoms with E-state index >= 15 is 0 Å². The normalized spacial score (nSPS) is 10.4. The van der Waals surface area contributed by atoms with Crippen LogP contribution in [0.25, 0.3) is 10.8 Å². The van der Waals surface area contributed by atoms with Gasteiger partial charge in [0, 0.05) is 0 Å². The first-order valence-corrected chi connectivity index (χ1v) is 4.70. The van der Waals surface area contributed by atoms with E-state index in [-0.39, 0.29) is 5.75 Å². The molecule has 0 aliphatic heterocycles. The molecule has 14 heavy (non-hydrogen) atoms. The van der Waals surface area contributed by atoms with Gasteiger partial charge in [-0.3, -0.25) is 4.55 Å². The fourth-order valence-corrected chi connectivity index (χ4v) is 1.50. The molecule has 2 aromatic rings. The Labute approximate surface area is 85.4 Å². The molecule has 0 radical (unpaired) electrons. The Hall–Kier alpha value is -1.39. The van der Waals surface area contributed by atoms with E-state index in [0.29, 0.717) is 18.1 Å². The van der Waals surface area contributed by atoms with Crippen LogP contribution in [0, 0.1) is 0 Å². The number of rotatable bonds is 2. The van der Waals surface area contributed by atoms with Crippen LogP contribution in [0.15, 0.2) is 36.4 Å². The van der Waals surface area contributed by atoms with Gasteiger partial charge >= 0.3 is 0 Å². The van der Waals surface area contributed by atoms with Crippen LogP contribution in [0.3, 0.4) is 0 Å². The lowest BCUT2D eigenvalue weighted by molar-refractivity contribution is 0.476. The molecule has 0 spiro atoms. The van der Waals surface area contributed by atoms with E-state index in [2.05, 4.69) is 0 Å². The van der Waals surface area contributed by atoms with Crippen molar-refractivity contribution >= 4 is 23.1 Å². The predicted octanol–water partition coefficient (Wildman–Crippen LogP) is 3.05. The summed E-state index contributed by atoms with van der Waals surface area (Å²) in [5, 5.41) is 11.1. The van der Waals surface area contributed by atoms with Crippen molar-refractivity contribution in [3.63, 3.8) is 0 Å². The average Bonchev–Trinajstić information content (AvgIpc) is 2.17. The lowest BCUT2D eigenvalue weighted by Gasteiger charge is -2.02. The first-order chi connectivity index (χ1) is 6.79. The maximum absolute atomic E-state index is 9.26. The van der Waals surface area contributed by atoms with Crippen molar-refractivity contribution in [2.75, 3.05) is 0 Å². The highest BCUT2D eigenvalue weighted by molar-refractivity contribution is 7.89. The average molecular weight is 208 g/mol. The van der Waals surface area contributed by atoms with Crippen LogP contribution in [0.1, 0.15) is 0 Å². The summed E-state index contributed by atoms with van der Waals surface area (Å²) in [6.45, 7) is 0. The summed E-state index contributed by atoms with van der Waals surface area (Å²) in [4.78, 5) is 0. The molecule has 3 nitrogen and oxygen atoms in total. The van der Waals surface area contributed by atoms with Crippen molar-refractivity contribution in [3.05, 3.63) is 36.4 Å². The van der Waals surface area contributed by atoms with E-state index in [4.69, 9.17) is 8.74 Å². The van der Waals surface area contributed by atoms with Crippen molar-refractivity contribution < 1.29 is 13.8 Å². The summed E-state index contributed by atoms with van der Waals surface area (Å²) >= 11 is 0.305. The Bertz CT molecular complexity index is 456. The molecule has 2 N–H and O–H groups in total. The predicted molar refractivity (Wildman–Crippen MR) is 56.5 cm³/mol. The van der Waals surface area contributed by atoms with Gasteiger partial charge in [0.25, 0.3) is 0 Å². The number of phenols is 1. The number of hydrogen-bond acceptors (Lipinski definition) is 4. The highest BCUT2D eigenvalue weighted by Crippen LogP contribution is 2.25. The van der Waals surface area contributed by atoms with Crippen molar-refractivity contribution in [1.82, 2.24) is 0 Å². The van der Waals surface area contributed by atoms with E-state index in [1.54, 1.807) is 24.3 Å². The molecule has 2 aromatic carbocycles. The van der Waals surface area contributed by atoms with Crippen molar-refractivity contribution in [3.8, 4) is 11.5 Å². The zero-order valence-corrected chi connectivity index (χ0v) is 7.99. The molecule has 0 unspecified atom stereocenters. The minimum atomic E-state index is 0.214. The molecular weight excluding hydrogens is 200 g/mol. The Morgan fingerprint density at radius 2 is 1.79 bits per heavy atom. The molecular formula is C10H8O3S. The molecule has 2 rings (SSSR count). The second kappa shape index (κ2) is 3.77. The monoisotopic (exact) mass is 208 g/mol. The van der Waals surface area contributed by atoms with Gasteiger partial charge in [-0.2, -0.15) is 0 Å². The largest absolute Gasteiger partial charge is 0.508 e. The molecule has 0 heterocycles. The van der Waals surface area contributed by atoms with Gasteiger partial charge in [-0.15, -0.1) is 0 Å². The third-order valence-corrected chi connectivity index (χ3v) is 2.20. The second-order valence-electron chi connectivity index (χ2n) is 2.85. The van der Waals surface area contributed by atoms with E-state index < -0.39 is 0 Å². The lowest BCUT2D eigenvalue weighted by Crippen LogP contribution is -1.79. The minimum Gasteiger partial charge on any atom is -0.508 e. The molecule has 4 heteroatoms. The Kier molecular flexibility index (Phi) is 2.47. The summed E-state index contributed by atoms with van der Waals surface area (Å²) in [6, 6.07) is 10.5. The van der Waals surface area contributed by atoms with Gasteiger partial charge in [0.05, 0.1) is 0 Å². The van der Waals surface area contributed by atoms with Gasteiger partial charge in [0.2, 0.25) is 12.3 Å². The molecule has 0 amide bonds. The summed E-state index contributed by atoms with van der Waals surface area (Å²) < 4.78 is 13.3. The van der Waals surface area contributed by atoms with Crippen molar-refractivity contribution in [2.24, 2.45) is 0 Å². The Morgan fingerprint density at radius 1 is 1.00 bits per heavy atom. The SMILES string of the molecule is OSOc1ccc2ccc(O)cc2c1. The van der Waals surface area contributed by atoms with Crippen LogP contribution in [0.2, 0.25) is 0 Å². The summed E-state index contributed by atoms with van der Waals surface area (Å²) in [5.74, 6) is 0.766. The third kappa shape index (κ3) is 1.76. The molecule has 72 valence electrons. The molecule has 0 atom stereocenters. The van der Waals surface area contributed by atoms with Crippen LogP contribution < -0.4 is 4.18 Å². The standard InChI is InChI=1S/C10H8O3S/c11-9-3-1-7-2-4-10(13-14-12)6-8(7)5-9/h1-6,11-12H. The molecule has 0 saturated heterocycles. The van der Waals surface area contributed by atoms with Crippen LogP contribution in [0.4, 0.5) is 0 Å². The van der Waals surface area contributed by atoms with Gasteiger partial charge in [-0.05, 0) is 35.0 Å². The number of fused-ring (bicyclic) bond motifs is 1. The quantitative estimate of drug-likeness (QED) is 0.745. The van der Waals surface area contributed by atoms with Crippen LogP contribution in [-0.4, -0.2) is 9.66 Å². The van der Waals surface area contributed by atoms with E-state index in [1.807, 2.05) is 12.1 Å². The number of aromatic hydroxyl groups is 1. The Balaban J connectivity index is 2.52. The van der Waals surface area contributed by atoms with Gasteiger partial charge in [-0.25, -0.2) is 0 Å². The van der Waals surface area contributed by atoms with Gasteiger partial charge in [0.1, 0.15) is 11.5 Å². The fourth-order valence-electron chi connectivity index (χ4n) is 1.31. The highest BCUT2D eigenvalue weighted by atomic mass is 32.2. The first kappa shape index (κ1) is 9.18. The summed E-state index contributed by atoms with van der Waals surface area (Å²) in [7, 11) is 0. The van der Waals surface area contributed by atoms with Gasteiger partial charge in [0.15, 0.2) is 0 Å². The first-order valence-electron chi connectivity index (χ1n) is 4.00. The lowest BCUT2D eigenvalue weighted by atomic mass is 10.1. The fraction of sp³-hybridized carbons (Fsp3) is 0. The van der Waals surface area contributed by atoms with E-state index in [1.165, 1.54) is 0 Å². The van der Waals surface area contributed by atoms with Crippen LogP contribution in [0.5, 0.6) is 11.5 Å². The topological polar surface area (TPSA) is 49.7 Å². The number of benzene rings is 2. The minimum absolute atomic E-state index is 0.214. The van der Waals surface area contributed by atoms with Crippen molar-refractivity contribution in [1.29, 1.82) is 0 Å². The smallest absolute Gasteiger partial charge is 0.222 e. The maximum atomic E-state index is 9.26. The Morgan fingerprint density at radius 3 is 2.57 bits per heavy atom. The summed E-state index contributed by atoms with van der Waals surface area (Å²) in [5.41, 5.74) is 0. The zero-order valence-electron chi connectivity index (χ0n) is 7.18. The molecule has 0 aliphatic rings. The maximum Gasteiger partial charge on any atom is 0.222 e. The van der Waals surface area contributed by atoms with Gasteiger partial charge in [-0.1, -0.05) is 12.1 Å². The second-order valence-corrected chi connectivity index (χ2v) is 3.17. The molecule has 0 bridgehead atoms. The molecule has 0 aliphatic carbocycles. The highest BCUT2D eigenvalue weighted by Gasteiger charge is 1.98. The van der Waals surface area contributed by atoms with Crippen LogP contribution >= 0.6 is 12.3 Å². The number of hydrogen-bond donors (Lipinski definition) is 2. The number of phenolic OH excluding ortho intramolecular Hbond substituents is 1. The van der Waals surface area contributed by atoms with Gasteiger partial charge < -0.3 is 9.29 Å². The van der Waals surface area contributed by atoms with Crippen LogP contribution in [-0.2, 0) is 0 Å². The zero-order chi connectivity index (χ0) is 9.97. The van der Waals surface area contributed by atoms with Crippen molar-refractivity contribution in [2.45, 2.75) is 0 Å². The summed E-state index contributed by atoms with van der Waals surface area (Å²) in [6.07, 6.45) is 0. The molecule has 0 saturated carbocycles. The molecule has 0 aromatic heterocycles. The third-order valence-electron chi connectivity index (χ3n) is 1.93. The van der Waals surface area contributed by atoms with E-state index in [9.17, 15) is 5.11 Å². The molecule has 0 fully saturated rings.